The maximum Gasteiger partial charge on any atom is 0.263 e. The van der Waals surface area contributed by atoms with Gasteiger partial charge >= 0.3 is 0 Å². The quantitative estimate of drug-likeness (QED) is 0.507. The van der Waals surface area contributed by atoms with Crippen molar-refractivity contribution in [3.63, 3.8) is 0 Å². The van der Waals surface area contributed by atoms with E-state index in [1.165, 1.54) is 18.0 Å². The number of piperidine rings is 1. The molecule has 1 aromatic carbocycles. The van der Waals surface area contributed by atoms with Crippen molar-refractivity contribution in [1.82, 2.24) is 14.9 Å². The number of carbonyl (C=O) groups excluding carboxylic acids is 1. The number of likely N-dealkylation sites (tertiary alicyclic amines) is 1. The first-order valence-corrected chi connectivity index (χ1v) is 9.20. The minimum absolute atomic E-state index is 0.00975. The third-order valence-corrected chi connectivity index (χ3v) is 5.32. The van der Waals surface area contributed by atoms with Gasteiger partial charge in [0, 0.05) is 23.4 Å². The molecule has 0 radical (unpaired) electrons. The molecule has 6 heteroatoms. The number of nitrogens with zero attached hydrogens (tertiary/aromatic N) is 3. The van der Waals surface area contributed by atoms with Gasteiger partial charge in [-0.1, -0.05) is 23.2 Å². The Morgan fingerprint density at radius 3 is 2.85 bits per heavy atom. The lowest BCUT2D eigenvalue weighted by atomic mass is 9.92. The monoisotopic (exact) mass is 369 g/mol. The fourth-order valence-corrected chi connectivity index (χ4v) is 3.75. The van der Waals surface area contributed by atoms with Gasteiger partial charge in [0.2, 0.25) is 5.78 Å². The molecule has 0 amide bonds. The number of benzene rings is 1. The molecule has 134 valence electrons. The fourth-order valence-electron chi connectivity index (χ4n) is 3.54. The Morgan fingerprint density at radius 2 is 2.12 bits per heavy atom. The van der Waals surface area contributed by atoms with Crippen molar-refractivity contribution in [2.24, 2.45) is 5.92 Å². The Morgan fingerprint density at radius 1 is 1.31 bits per heavy atom. The van der Waals surface area contributed by atoms with Crippen LogP contribution in [0.1, 0.15) is 34.7 Å². The number of aryl methyl sites for hydroxylation is 1. The summed E-state index contributed by atoms with van der Waals surface area (Å²) in [6, 6.07) is 8.30. The molecule has 0 N–H and O–H groups in total. The van der Waals surface area contributed by atoms with E-state index in [9.17, 15) is 4.79 Å². The molecule has 0 bridgehead atoms. The van der Waals surface area contributed by atoms with Crippen LogP contribution in [0.15, 0.2) is 41.1 Å². The molecular formula is C20H20ClN3O2. The molecule has 26 heavy (non-hydrogen) atoms. The van der Waals surface area contributed by atoms with Crippen molar-refractivity contribution in [1.29, 1.82) is 0 Å². The SMILES string of the molecule is Cc1ccc2nc(Cl)c(CN3CCC(C(=O)c4ncco4)CC3)cc2c1. The van der Waals surface area contributed by atoms with Crippen LogP contribution in [0.5, 0.6) is 0 Å². The Bertz CT molecular complexity index is 932. The molecule has 1 aliphatic rings. The summed E-state index contributed by atoms with van der Waals surface area (Å²) in [6.07, 6.45) is 4.56. The Kier molecular flexibility index (Phi) is 4.74. The molecule has 0 saturated carbocycles. The number of carbonyl (C=O) groups is 1. The molecular weight excluding hydrogens is 350 g/mol. The maximum absolute atomic E-state index is 12.4. The van der Waals surface area contributed by atoms with Gasteiger partial charge in [0.1, 0.15) is 11.4 Å². The van der Waals surface area contributed by atoms with Crippen LogP contribution in [-0.4, -0.2) is 33.7 Å². The van der Waals surface area contributed by atoms with Crippen molar-refractivity contribution in [2.45, 2.75) is 26.3 Å². The van der Waals surface area contributed by atoms with Crippen LogP contribution in [0.2, 0.25) is 5.15 Å². The largest absolute Gasteiger partial charge is 0.442 e. The van der Waals surface area contributed by atoms with Gasteiger partial charge in [-0.3, -0.25) is 9.69 Å². The summed E-state index contributed by atoms with van der Waals surface area (Å²) >= 11 is 6.40. The highest BCUT2D eigenvalue weighted by molar-refractivity contribution is 6.30. The van der Waals surface area contributed by atoms with Crippen LogP contribution in [0, 0.1) is 12.8 Å². The van der Waals surface area contributed by atoms with E-state index in [0.717, 1.165) is 48.9 Å². The van der Waals surface area contributed by atoms with E-state index < -0.39 is 0 Å². The van der Waals surface area contributed by atoms with Crippen LogP contribution >= 0.6 is 11.6 Å². The molecule has 0 aliphatic carbocycles. The van der Waals surface area contributed by atoms with E-state index in [0.29, 0.717) is 5.15 Å². The number of oxazole rings is 1. The Labute approximate surface area is 157 Å². The van der Waals surface area contributed by atoms with Gasteiger partial charge in [0.25, 0.3) is 5.89 Å². The third kappa shape index (κ3) is 3.50. The van der Waals surface area contributed by atoms with Gasteiger partial charge in [0.15, 0.2) is 0 Å². The summed E-state index contributed by atoms with van der Waals surface area (Å²) in [5.41, 5.74) is 3.15. The second-order valence-corrected chi connectivity index (χ2v) is 7.24. The number of aromatic nitrogens is 2. The zero-order chi connectivity index (χ0) is 18.1. The summed E-state index contributed by atoms with van der Waals surface area (Å²) in [6.45, 7) is 4.51. The first-order chi connectivity index (χ1) is 12.6. The van der Waals surface area contributed by atoms with E-state index in [1.807, 2.05) is 12.1 Å². The summed E-state index contributed by atoms with van der Waals surface area (Å²) in [5, 5.41) is 1.66. The van der Waals surface area contributed by atoms with Crippen molar-refractivity contribution >= 4 is 28.3 Å². The number of hydrogen-bond donors (Lipinski definition) is 0. The third-order valence-electron chi connectivity index (χ3n) is 4.99. The summed E-state index contributed by atoms with van der Waals surface area (Å²) in [5.74, 6) is 0.217. The van der Waals surface area contributed by atoms with Gasteiger partial charge in [-0.2, -0.15) is 0 Å². The first kappa shape index (κ1) is 17.2. The van der Waals surface area contributed by atoms with E-state index in [-0.39, 0.29) is 17.6 Å². The molecule has 1 saturated heterocycles. The van der Waals surface area contributed by atoms with Gasteiger partial charge in [-0.15, -0.1) is 0 Å². The average Bonchev–Trinajstić information content (AvgIpc) is 3.17. The van der Waals surface area contributed by atoms with Crippen molar-refractivity contribution < 1.29 is 9.21 Å². The normalized spacial score (nSPS) is 16.2. The van der Waals surface area contributed by atoms with Crippen LogP contribution in [-0.2, 0) is 6.54 Å². The first-order valence-electron chi connectivity index (χ1n) is 8.82. The number of hydrogen-bond acceptors (Lipinski definition) is 5. The molecule has 4 rings (SSSR count). The fraction of sp³-hybridized carbons (Fsp3) is 0.350. The number of pyridine rings is 1. The van der Waals surface area contributed by atoms with Gasteiger partial charge in [-0.25, -0.2) is 9.97 Å². The zero-order valence-electron chi connectivity index (χ0n) is 14.6. The minimum atomic E-state index is -0.0160. The van der Waals surface area contributed by atoms with E-state index in [1.54, 1.807) is 0 Å². The van der Waals surface area contributed by atoms with Crippen LogP contribution in [0.3, 0.4) is 0 Å². The minimum Gasteiger partial charge on any atom is -0.442 e. The van der Waals surface area contributed by atoms with Gasteiger partial charge in [0.05, 0.1) is 11.7 Å². The molecule has 1 fully saturated rings. The molecule has 3 heterocycles. The van der Waals surface area contributed by atoms with Crippen LogP contribution in [0.25, 0.3) is 10.9 Å². The predicted octanol–water partition coefficient (Wildman–Crippen LogP) is 4.28. The van der Waals surface area contributed by atoms with Crippen molar-refractivity contribution in [3.05, 3.63) is 58.9 Å². The number of halogens is 1. The highest BCUT2D eigenvalue weighted by atomic mass is 35.5. The second kappa shape index (κ2) is 7.17. The Balaban J connectivity index is 1.43. The topological polar surface area (TPSA) is 59.2 Å². The standard InChI is InChI=1S/C20H20ClN3O2/c1-13-2-3-17-15(10-13)11-16(19(21)23-17)12-24-7-4-14(5-8-24)18(25)20-22-6-9-26-20/h2-3,6,9-11,14H,4-5,7-8,12H2,1H3. The highest BCUT2D eigenvalue weighted by Gasteiger charge is 2.28. The number of ketones is 1. The molecule has 0 spiro atoms. The maximum atomic E-state index is 12.4. The molecule has 1 aliphatic heterocycles. The summed E-state index contributed by atoms with van der Waals surface area (Å²) in [4.78, 5) is 23.2. The van der Waals surface area contributed by atoms with E-state index in [2.05, 4.69) is 33.9 Å². The summed E-state index contributed by atoms with van der Waals surface area (Å²) < 4.78 is 5.14. The van der Waals surface area contributed by atoms with E-state index in [4.69, 9.17) is 16.0 Å². The van der Waals surface area contributed by atoms with E-state index >= 15 is 0 Å². The second-order valence-electron chi connectivity index (χ2n) is 6.89. The lowest BCUT2D eigenvalue weighted by molar-refractivity contribution is 0.0799. The molecule has 0 unspecified atom stereocenters. The van der Waals surface area contributed by atoms with Crippen molar-refractivity contribution in [2.75, 3.05) is 13.1 Å². The molecule has 2 aromatic heterocycles. The average molecular weight is 370 g/mol. The number of fused-ring (bicyclic) bond motifs is 1. The van der Waals surface area contributed by atoms with Crippen molar-refractivity contribution in [3.8, 4) is 0 Å². The van der Waals surface area contributed by atoms with Crippen LogP contribution < -0.4 is 0 Å². The highest BCUT2D eigenvalue weighted by Crippen LogP contribution is 2.26. The number of rotatable bonds is 4. The van der Waals surface area contributed by atoms with Crippen LogP contribution in [0.4, 0.5) is 0 Å². The van der Waals surface area contributed by atoms with Gasteiger partial charge < -0.3 is 4.42 Å². The molecule has 3 aromatic rings. The zero-order valence-corrected chi connectivity index (χ0v) is 15.4. The summed E-state index contributed by atoms with van der Waals surface area (Å²) in [7, 11) is 0. The predicted molar refractivity (Wildman–Crippen MR) is 100 cm³/mol. The Hall–Kier alpha value is -2.24. The van der Waals surface area contributed by atoms with Gasteiger partial charge in [-0.05, 0) is 51.1 Å². The smallest absolute Gasteiger partial charge is 0.263 e. The lowest BCUT2D eigenvalue weighted by Crippen LogP contribution is -2.36. The molecule has 5 nitrogen and oxygen atoms in total. The molecule has 0 atom stereocenters. The number of Topliss-reactive ketones (excluding diaryl/α,β-unsaturated/α-hetero) is 1. The lowest BCUT2D eigenvalue weighted by Gasteiger charge is -2.30.